The van der Waals surface area contributed by atoms with Crippen molar-refractivity contribution in [3.8, 4) is 5.75 Å². The molecular weight excluding hydrogens is 252 g/mol. The van der Waals surface area contributed by atoms with E-state index >= 15 is 0 Å². The fourth-order valence-corrected chi connectivity index (χ4v) is 1.85. The van der Waals surface area contributed by atoms with E-state index in [9.17, 15) is 4.79 Å². The predicted molar refractivity (Wildman–Crippen MR) is 77.6 cm³/mol. The van der Waals surface area contributed by atoms with E-state index in [2.05, 4.69) is 0 Å². The van der Waals surface area contributed by atoms with Gasteiger partial charge in [-0.25, -0.2) is 0 Å². The van der Waals surface area contributed by atoms with E-state index < -0.39 is 0 Å². The Kier molecular flexibility index (Phi) is 5.18. The first-order valence-corrected chi connectivity index (χ1v) is 6.60. The van der Waals surface area contributed by atoms with Gasteiger partial charge in [-0.3, -0.25) is 4.79 Å². The number of rotatable bonds is 6. The molecule has 0 spiro atoms. The maximum absolute atomic E-state index is 11.7. The standard InChI is InChI=1S/C17H18O3/c1-19-16-10-7-15(8-11-16)13-20-17(18)12-9-14-5-3-2-4-6-14/h2-8,10-11H,9,12-13H2,1H3. The number of methoxy groups -OCH3 is 1. The SMILES string of the molecule is COc1ccc(COC(=O)CCc2ccccc2)cc1. The molecule has 0 aliphatic carbocycles. The van der Waals surface area contributed by atoms with Crippen LogP contribution >= 0.6 is 0 Å². The van der Waals surface area contributed by atoms with Crippen molar-refractivity contribution in [2.24, 2.45) is 0 Å². The molecule has 0 fully saturated rings. The fourth-order valence-electron chi connectivity index (χ4n) is 1.85. The topological polar surface area (TPSA) is 35.5 Å². The third-order valence-electron chi connectivity index (χ3n) is 3.02. The quantitative estimate of drug-likeness (QED) is 0.755. The summed E-state index contributed by atoms with van der Waals surface area (Å²) in [6.45, 7) is 0.303. The average Bonchev–Trinajstić information content (AvgIpc) is 2.52. The van der Waals surface area contributed by atoms with Crippen LogP contribution in [0.5, 0.6) is 5.75 Å². The van der Waals surface area contributed by atoms with Crippen molar-refractivity contribution in [2.45, 2.75) is 19.4 Å². The normalized spacial score (nSPS) is 10.1. The Hall–Kier alpha value is -2.29. The summed E-state index contributed by atoms with van der Waals surface area (Å²) >= 11 is 0. The number of carbonyl (C=O) groups is 1. The minimum absolute atomic E-state index is 0.176. The van der Waals surface area contributed by atoms with Crippen LogP contribution in [0.4, 0.5) is 0 Å². The number of benzene rings is 2. The lowest BCUT2D eigenvalue weighted by Crippen LogP contribution is -2.05. The molecule has 2 aromatic rings. The summed E-state index contributed by atoms with van der Waals surface area (Å²) in [5.74, 6) is 0.619. The minimum Gasteiger partial charge on any atom is -0.497 e. The minimum atomic E-state index is -0.176. The fraction of sp³-hybridized carbons (Fsp3) is 0.235. The van der Waals surface area contributed by atoms with Gasteiger partial charge in [0, 0.05) is 6.42 Å². The van der Waals surface area contributed by atoms with Crippen LogP contribution < -0.4 is 4.74 Å². The second-order valence-corrected chi connectivity index (χ2v) is 4.49. The van der Waals surface area contributed by atoms with Crippen LogP contribution in [-0.2, 0) is 22.6 Å². The van der Waals surface area contributed by atoms with Crippen molar-refractivity contribution in [1.29, 1.82) is 0 Å². The van der Waals surface area contributed by atoms with Gasteiger partial charge in [0.15, 0.2) is 0 Å². The molecule has 0 N–H and O–H groups in total. The van der Waals surface area contributed by atoms with E-state index in [1.807, 2.05) is 54.6 Å². The van der Waals surface area contributed by atoms with Gasteiger partial charge in [-0.1, -0.05) is 42.5 Å². The highest BCUT2D eigenvalue weighted by atomic mass is 16.5. The molecule has 0 radical (unpaired) electrons. The van der Waals surface area contributed by atoms with E-state index in [0.717, 1.165) is 16.9 Å². The lowest BCUT2D eigenvalue weighted by atomic mass is 10.1. The van der Waals surface area contributed by atoms with Gasteiger partial charge < -0.3 is 9.47 Å². The second kappa shape index (κ2) is 7.34. The first-order chi connectivity index (χ1) is 9.78. The number of carbonyl (C=O) groups excluding carboxylic acids is 1. The predicted octanol–water partition coefficient (Wildman–Crippen LogP) is 3.37. The third kappa shape index (κ3) is 4.43. The lowest BCUT2D eigenvalue weighted by Gasteiger charge is -2.06. The number of hydrogen-bond acceptors (Lipinski definition) is 3. The van der Waals surface area contributed by atoms with Crippen LogP contribution in [0.1, 0.15) is 17.5 Å². The van der Waals surface area contributed by atoms with Crippen molar-refractivity contribution in [2.75, 3.05) is 7.11 Å². The molecule has 3 heteroatoms. The Morgan fingerprint density at radius 3 is 2.30 bits per heavy atom. The van der Waals surface area contributed by atoms with Crippen molar-refractivity contribution in [1.82, 2.24) is 0 Å². The molecule has 0 atom stereocenters. The molecule has 0 heterocycles. The first-order valence-electron chi connectivity index (χ1n) is 6.60. The molecule has 0 aliphatic heterocycles. The average molecular weight is 270 g/mol. The zero-order valence-corrected chi connectivity index (χ0v) is 11.5. The second-order valence-electron chi connectivity index (χ2n) is 4.49. The molecule has 3 nitrogen and oxygen atoms in total. The molecule has 2 aromatic carbocycles. The molecule has 20 heavy (non-hydrogen) atoms. The van der Waals surface area contributed by atoms with Gasteiger partial charge >= 0.3 is 5.97 Å². The zero-order chi connectivity index (χ0) is 14.2. The van der Waals surface area contributed by atoms with Gasteiger partial charge in [0.1, 0.15) is 12.4 Å². The van der Waals surface area contributed by atoms with Crippen LogP contribution in [-0.4, -0.2) is 13.1 Å². The highest BCUT2D eigenvalue weighted by Crippen LogP contribution is 2.12. The summed E-state index contributed by atoms with van der Waals surface area (Å²) < 4.78 is 10.3. The maximum Gasteiger partial charge on any atom is 0.306 e. The van der Waals surface area contributed by atoms with Crippen LogP contribution in [0.3, 0.4) is 0 Å². The lowest BCUT2D eigenvalue weighted by molar-refractivity contribution is -0.144. The van der Waals surface area contributed by atoms with Crippen LogP contribution in [0.25, 0.3) is 0 Å². The van der Waals surface area contributed by atoms with E-state index in [1.165, 1.54) is 0 Å². The Morgan fingerprint density at radius 2 is 1.65 bits per heavy atom. The summed E-state index contributed by atoms with van der Waals surface area (Å²) in [6, 6.07) is 17.4. The Morgan fingerprint density at radius 1 is 0.950 bits per heavy atom. The first kappa shape index (κ1) is 14.1. The number of aryl methyl sites for hydroxylation is 1. The summed E-state index contributed by atoms with van der Waals surface area (Å²) in [5, 5.41) is 0. The van der Waals surface area contributed by atoms with Crippen molar-refractivity contribution in [3.63, 3.8) is 0 Å². The van der Waals surface area contributed by atoms with Gasteiger partial charge in [0.25, 0.3) is 0 Å². The molecule has 0 amide bonds. The van der Waals surface area contributed by atoms with Gasteiger partial charge in [0.05, 0.1) is 7.11 Å². The molecule has 0 aromatic heterocycles. The number of hydrogen-bond donors (Lipinski definition) is 0. The van der Waals surface area contributed by atoms with Crippen LogP contribution in [0.15, 0.2) is 54.6 Å². The molecule has 0 unspecified atom stereocenters. The third-order valence-corrected chi connectivity index (χ3v) is 3.02. The molecule has 0 aliphatic rings. The number of ether oxygens (including phenoxy) is 2. The Bertz CT molecular complexity index is 532. The maximum atomic E-state index is 11.7. The molecule has 104 valence electrons. The highest BCUT2D eigenvalue weighted by molar-refractivity contribution is 5.69. The number of esters is 1. The van der Waals surface area contributed by atoms with Gasteiger partial charge in [-0.05, 0) is 29.7 Å². The molecule has 0 saturated carbocycles. The van der Waals surface area contributed by atoms with E-state index in [0.29, 0.717) is 19.4 Å². The molecule has 2 rings (SSSR count). The van der Waals surface area contributed by atoms with Crippen LogP contribution in [0, 0.1) is 0 Å². The molecular formula is C17H18O3. The van der Waals surface area contributed by atoms with Gasteiger partial charge in [-0.15, -0.1) is 0 Å². The van der Waals surface area contributed by atoms with Crippen molar-refractivity contribution in [3.05, 3.63) is 65.7 Å². The summed E-state index contributed by atoms with van der Waals surface area (Å²) in [7, 11) is 1.62. The van der Waals surface area contributed by atoms with E-state index in [4.69, 9.17) is 9.47 Å². The summed E-state index contributed by atoms with van der Waals surface area (Å²) in [4.78, 5) is 11.7. The van der Waals surface area contributed by atoms with Crippen LogP contribution in [0.2, 0.25) is 0 Å². The van der Waals surface area contributed by atoms with Gasteiger partial charge in [0.2, 0.25) is 0 Å². The molecule has 0 bridgehead atoms. The van der Waals surface area contributed by atoms with E-state index in [-0.39, 0.29) is 5.97 Å². The Balaban J connectivity index is 1.74. The Labute approximate surface area is 119 Å². The van der Waals surface area contributed by atoms with Crippen molar-refractivity contribution < 1.29 is 14.3 Å². The van der Waals surface area contributed by atoms with Gasteiger partial charge in [-0.2, -0.15) is 0 Å². The smallest absolute Gasteiger partial charge is 0.306 e. The largest absolute Gasteiger partial charge is 0.497 e. The monoisotopic (exact) mass is 270 g/mol. The van der Waals surface area contributed by atoms with Crippen molar-refractivity contribution >= 4 is 5.97 Å². The summed E-state index contributed by atoms with van der Waals surface area (Å²) in [5.41, 5.74) is 2.10. The molecule has 0 saturated heterocycles. The highest BCUT2D eigenvalue weighted by Gasteiger charge is 2.04. The summed E-state index contributed by atoms with van der Waals surface area (Å²) in [6.07, 6.45) is 1.11. The van der Waals surface area contributed by atoms with E-state index in [1.54, 1.807) is 7.11 Å². The zero-order valence-electron chi connectivity index (χ0n) is 11.5.